The van der Waals surface area contributed by atoms with Gasteiger partial charge in [-0.05, 0) is 33.6 Å². The number of hydrogen-bond acceptors (Lipinski definition) is 2. The lowest BCUT2D eigenvalue weighted by molar-refractivity contribution is -0.117. The summed E-state index contributed by atoms with van der Waals surface area (Å²) in [7, 11) is 0. The van der Waals surface area contributed by atoms with Crippen molar-refractivity contribution in [1.29, 1.82) is 0 Å². The van der Waals surface area contributed by atoms with E-state index in [9.17, 15) is 4.79 Å². The maximum atomic E-state index is 10.4. The molecule has 0 radical (unpaired) electrons. The standard InChI is InChI=1S/C9H9BrN2O/c10-8-6-7(4-5-12-8)2-1-3-9(11)13/h1-2,4-6H,3H2,(H2,11,13). The van der Waals surface area contributed by atoms with Crippen molar-refractivity contribution in [2.45, 2.75) is 6.42 Å². The molecule has 1 aromatic rings. The Kier molecular flexibility index (Phi) is 3.64. The van der Waals surface area contributed by atoms with Crippen molar-refractivity contribution in [1.82, 2.24) is 4.98 Å². The van der Waals surface area contributed by atoms with Crippen molar-refractivity contribution in [3.63, 3.8) is 0 Å². The van der Waals surface area contributed by atoms with Gasteiger partial charge in [0.1, 0.15) is 4.60 Å². The highest BCUT2D eigenvalue weighted by atomic mass is 79.9. The fraction of sp³-hybridized carbons (Fsp3) is 0.111. The molecule has 0 fully saturated rings. The highest BCUT2D eigenvalue weighted by Gasteiger charge is 1.90. The molecule has 68 valence electrons. The summed E-state index contributed by atoms with van der Waals surface area (Å²) in [5, 5.41) is 0. The lowest BCUT2D eigenvalue weighted by Gasteiger charge is -1.92. The number of hydrogen-bond donors (Lipinski definition) is 1. The Balaban J connectivity index is 2.63. The highest BCUT2D eigenvalue weighted by molar-refractivity contribution is 9.10. The van der Waals surface area contributed by atoms with Crippen LogP contribution in [-0.4, -0.2) is 10.9 Å². The first-order valence-corrected chi connectivity index (χ1v) is 4.54. The molecule has 0 spiro atoms. The summed E-state index contributed by atoms with van der Waals surface area (Å²) in [6.07, 6.45) is 5.51. The van der Waals surface area contributed by atoms with Gasteiger partial charge in [0.05, 0.1) is 0 Å². The summed E-state index contributed by atoms with van der Waals surface area (Å²) in [6, 6.07) is 3.71. The van der Waals surface area contributed by atoms with Gasteiger partial charge in [-0.2, -0.15) is 0 Å². The minimum Gasteiger partial charge on any atom is -0.369 e. The van der Waals surface area contributed by atoms with Crippen LogP contribution in [0.1, 0.15) is 12.0 Å². The lowest BCUT2D eigenvalue weighted by atomic mass is 10.2. The third-order valence-electron chi connectivity index (χ3n) is 1.38. The first kappa shape index (κ1) is 9.92. The molecule has 0 atom stereocenters. The van der Waals surface area contributed by atoms with Crippen LogP contribution in [0.4, 0.5) is 0 Å². The minimum atomic E-state index is -0.329. The van der Waals surface area contributed by atoms with Gasteiger partial charge < -0.3 is 5.73 Å². The zero-order chi connectivity index (χ0) is 9.68. The quantitative estimate of drug-likeness (QED) is 0.819. The van der Waals surface area contributed by atoms with Gasteiger partial charge in [0.2, 0.25) is 5.91 Å². The largest absolute Gasteiger partial charge is 0.369 e. The second-order valence-electron chi connectivity index (χ2n) is 2.48. The average molecular weight is 241 g/mol. The molecule has 0 aliphatic carbocycles. The molecular weight excluding hydrogens is 232 g/mol. The molecule has 0 aliphatic rings. The van der Waals surface area contributed by atoms with Crippen molar-refractivity contribution in [3.05, 3.63) is 34.6 Å². The number of amides is 1. The van der Waals surface area contributed by atoms with E-state index in [0.29, 0.717) is 0 Å². The molecule has 0 saturated heterocycles. The normalized spacial score (nSPS) is 10.5. The summed E-state index contributed by atoms with van der Waals surface area (Å²) in [4.78, 5) is 14.4. The molecule has 1 aromatic heterocycles. The molecule has 3 nitrogen and oxygen atoms in total. The van der Waals surface area contributed by atoms with Crippen molar-refractivity contribution >= 4 is 27.9 Å². The molecule has 0 aliphatic heterocycles. The van der Waals surface area contributed by atoms with Crippen LogP contribution < -0.4 is 5.73 Å². The van der Waals surface area contributed by atoms with E-state index in [4.69, 9.17) is 5.73 Å². The Morgan fingerprint density at radius 2 is 2.46 bits per heavy atom. The van der Waals surface area contributed by atoms with Gasteiger partial charge in [-0.25, -0.2) is 4.98 Å². The van der Waals surface area contributed by atoms with Gasteiger partial charge in [-0.1, -0.05) is 12.2 Å². The van der Waals surface area contributed by atoms with E-state index in [2.05, 4.69) is 20.9 Å². The maximum absolute atomic E-state index is 10.4. The Bertz CT molecular complexity index is 336. The molecule has 13 heavy (non-hydrogen) atoms. The highest BCUT2D eigenvalue weighted by Crippen LogP contribution is 2.09. The Morgan fingerprint density at radius 1 is 1.69 bits per heavy atom. The number of primary amides is 1. The molecule has 0 aromatic carbocycles. The molecule has 0 saturated carbocycles. The zero-order valence-electron chi connectivity index (χ0n) is 6.90. The van der Waals surface area contributed by atoms with Crippen LogP contribution in [0.2, 0.25) is 0 Å². The first-order valence-electron chi connectivity index (χ1n) is 3.75. The number of aromatic nitrogens is 1. The topological polar surface area (TPSA) is 56.0 Å². The van der Waals surface area contributed by atoms with Gasteiger partial charge in [-0.15, -0.1) is 0 Å². The Labute approximate surface area is 84.8 Å². The van der Waals surface area contributed by atoms with Crippen molar-refractivity contribution in [3.8, 4) is 0 Å². The molecule has 2 N–H and O–H groups in total. The molecule has 0 unspecified atom stereocenters. The molecular formula is C9H9BrN2O. The van der Waals surface area contributed by atoms with Crippen molar-refractivity contribution in [2.75, 3.05) is 0 Å². The number of nitrogens with two attached hydrogens (primary N) is 1. The summed E-state index contributed by atoms with van der Waals surface area (Å²) in [6.45, 7) is 0. The summed E-state index contributed by atoms with van der Waals surface area (Å²) >= 11 is 3.25. The summed E-state index contributed by atoms with van der Waals surface area (Å²) < 4.78 is 0.772. The van der Waals surface area contributed by atoms with Crippen molar-refractivity contribution in [2.24, 2.45) is 5.73 Å². The molecule has 1 amide bonds. The van der Waals surface area contributed by atoms with E-state index < -0.39 is 0 Å². The minimum absolute atomic E-state index is 0.264. The van der Waals surface area contributed by atoms with Gasteiger partial charge >= 0.3 is 0 Å². The van der Waals surface area contributed by atoms with Crippen LogP contribution >= 0.6 is 15.9 Å². The van der Waals surface area contributed by atoms with E-state index in [1.165, 1.54) is 0 Å². The van der Waals surface area contributed by atoms with Gasteiger partial charge in [0, 0.05) is 12.6 Å². The Morgan fingerprint density at radius 3 is 3.08 bits per heavy atom. The maximum Gasteiger partial charge on any atom is 0.221 e. The van der Waals surface area contributed by atoms with Crippen LogP contribution in [-0.2, 0) is 4.79 Å². The Hall–Kier alpha value is -1.16. The predicted octanol–water partition coefficient (Wildman–Crippen LogP) is 1.73. The summed E-state index contributed by atoms with van der Waals surface area (Å²) in [5.41, 5.74) is 5.96. The molecule has 4 heteroatoms. The second-order valence-corrected chi connectivity index (χ2v) is 3.30. The average Bonchev–Trinajstić information content (AvgIpc) is 2.03. The molecule has 1 heterocycles. The molecule has 1 rings (SSSR count). The van der Waals surface area contributed by atoms with Crippen molar-refractivity contribution < 1.29 is 4.79 Å². The van der Waals surface area contributed by atoms with Gasteiger partial charge in [0.15, 0.2) is 0 Å². The van der Waals surface area contributed by atoms with Gasteiger partial charge in [-0.3, -0.25) is 4.79 Å². The number of carbonyl (C=O) groups is 1. The predicted molar refractivity (Wildman–Crippen MR) is 54.8 cm³/mol. The SMILES string of the molecule is NC(=O)CC=Cc1ccnc(Br)c1. The van der Waals surface area contributed by atoms with E-state index in [-0.39, 0.29) is 12.3 Å². The third kappa shape index (κ3) is 3.85. The van der Waals surface area contributed by atoms with E-state index in [1.807, 2.05) is 18.2 Å². The third-order valence-corrected chi connectivity index (χ3v) is 1.81. The lowest BCUT2D eigenvalue weighted by Crippen LogP contribution is -2.07. The number of carbonyl (C=O) groups excluding carboxylic acids is 1. The number of pyridine rings is 1. The van der Waals surface area contributed by atoms with Crippen LogP contribution in [0.5, 0.6) is 0 Å². The first-order chi connectivity index (χ1) is 6.18. The van der Waals surface area contributed by atoms with E-state index in [0.717, 1.165) is 10.2 Å². The van der Waals surface area contributed by atoms with Crippen LogP contribution in [0.3, 0.4) is 0 Å². The number of nitrogens with zero attached hydrogens (tertiary/aromatic N) is 1. The van der Waals surface area contributed by atoms with Crippen LogP contribution in [0.15, 0.2) is 29.0 Å². The smallest absolute Gasteiger partial charge is 0.221 e. The monoisotopic (exact) mass is 240 g/mol. The zero-order valence-corrected chi connectivity index (χ0v) is 8.49. The van der Waals surface area contributed by atoms with E-state index >= 15 is 0 Å². The van der Waals surface area contributed by atoms with E-state index in [1.54, 1.807) is 12.3 Å². The summed E-state index contributed by atoms with van der Waals surface area (Å²) in [5.74, 6) is -0.329. The fourth-order valence-corrected chi connectivity index (χ4v) is 1.21. The van der Waals surface area contributed by atoms with Gasteiger partial charge in [0.25, 0.3) is 0 Å². The second kappa shape index (κ2) is 4.77. The van der Waals surface area contributed by atoms with Crippen LogP contribution in [0.25, 0.3) is 6.08 Å². The van der Waals surface area contributed by atoms with Crippen LogP contribution in [0, 0.1) is 0 Å². The fourth-order valence-electron chi connectivity index (χ4n) is 0.832. The number of rotatable bonds is 3. The number of halogens is 1. The molecule has 0 bridgehead atoms.